The molecule has 56 heavy (non-hydrogen) atoms. The molecule has 0 bridgehead atoms. The van der Waals surface area contributed by atoms with Gasteiger partial charge in [0.15, 0.2) is 11.5 Å². The van der Waals surface area contributed by atoms with Gasteiger partial charge in [-0.3, -0.25) is 9.59 Å². The third-order valence-corrected chi connectivity index (χ3v) is 11.9. The van der Waals surface area contributed by atoms with Crippen LogP contribution in [0.1, 0.15) is 90.6 Å². The van der Waals surface area contributed by atoms with Gasteiger partial charge in [-0.15, -0.1) is 0 Å². The Kier molecular flexibility index (Phi) is 10.8. The van der Waals surface area contributed by atoms with Crippen molar-refractivity contribution in [1.29, 1.82) is 0 Å². The number of rotatable bonds is 16. The number of hydrogen-bond donors (Lipinski definition) is 0. The molecular formula is C50H52N2O4. The zero-order valence-electron chi connectivity index (χ0n) is 33.1. The molecule has 0 aromatic carbocycles. The Hall–Kier alpha value is -5.62. The molecule has 6 nitrogen and oxygen atoms in total. The van der Waals surface area contributed by atoms with Crippen molar-refractivity contribution in [1.82, 2.24) is 9.80 Å². The van der Waals surface area contributed by atoms with E-state index in [4.69, 9.17) is 8.83 Å². The van der Waals surface area contributed by atoms with E-state index in [1.54, 1.807) is 0 Å². The van der Waals surface area contributed by atoms with E-state index in [2.05, 4.69) is 76.2 Å². The minimum atomic E-state index is -0.162. The maximum atomic E-state index is 15.2. The first-order chi connectivity index (χ1) is 27.4. The summed E-state index contributed by atoms with van der Waals surface area (Å²) in [5, 5.41) is 0. The molecule has 0 saturated carbocycles. The second-order valence-electron chi connectivity index (χ2n) is 15.5. The van der Waals surface area contributed by atoms with Gasteiger partial charge in [0.2, 0.25) is 0 Å². The summed E-state index contributed by atoms with van der Waals surface area (Å²) in [6.07, 6.45) is 8.21. The van der Waals surface area contributed by atoms with Crippen LogP contribution in [0.4, 0.5) is 0 Å². The van der Waals surface area contributed by atoms with Gasteiger partial charge in [-0.1, -0.05) is 139 Å². The number of nitrogens with zero attached hydrogens (tertiary/aromatic N) is 2. The van der Waals surface area contributed by atoms with Crippen LogP contribution in [0.5, 0.6) is 0 Å². The van der Waals surface area contributed by atoms with Crippen molar-refractivity contribution in [3.8, 4) is 44.9 Å². The third kappa shape index (κ3) is 6.80. The number of unbranched alkanes of at least 4 members (excludes halogenated alkanes) is 2. The van der Waals surface area contributed by atoms with Gasteiger partial charge < -0.3 is 18.6 Å². The largest absolute Gasteiger partial charge is 0.454 e. The van der Waals surface area contributed by atoms with Crippen LogP contribution in [0, 0.1) is 11.8 Å². The first-order valence-corrected chi connectivity index (χ1v) is 20.7. The molecule has 4 heterocycles. The highest BCUT2D eigenvalue weighted by Gasteiger charge is 2.51. The monoisotopic (exact) mass is 744 g/mol. The van der Waals surface area contributed by atoms with Crippen molar-refractivity contribution < 1.29 is 18.4 Å². The summed E-state index contributed by atoms with van der Waals surface area (Å²) in [7, 11) is 0. The van der Waals surface area contributed by atoms with Gasteiger partial charge in [-0.2, -0.15) is 0 Å². The van der Waals surface area contributed by atoms with Crippen molar-refractivity contribution in [2.75, 3.05) is 13.1 Å². The van der Waals surface area contributed by atoms with E-state index in [9.17, 15) is 0 Å². The van der Waals surface area contributed by atoms with Crippen LogP contribution >= 0.6 is 0 Å². The number of carbonyl (C=O) groups excluding carboxylic acids is 2. The number of fused-ring (bicyclic) bond motifs is 3. The molecule has 4 aliphatic carbocycles. The summed E-state index contributed by atoms with van der Waals surface area (Å²) in [6, 6.07) is 36.8. The van der Waals surface area contributed by atoms with E-state index >= 15 is 9.59 Å². The average Bonchev–Trinajstić information content (AvgIpc) is 4.06. The second-order valence-corrected chi connectivity index (χ2v) is 15.5. The van der Waals surface area contributed by atoms with Crippen molar-refractivity contribution >= 4 is 23.2 Å². The molecule has 8 rings (SSSR count). The van der Waals surface area contributed by atoms with Crippen molar-refractivity contribution in [2.24, 2.45) is 11.8 Å². The molecule has 2 atom stereocenters. The lowest BCUT2D eigenvalue weighted by Gasteiger charge is -2.28. The molecule has 0 saturated heterocycles. The van der Waals surface area contributed by atoms with Crippen LogP contribution < -0.4 is 0 Å². The topological polar surface area (TPSA) is 66.9 Å². The van der Waals surface area contributed by atoms with Gasteiger partial charge in [0.25, 0.3) is 11.8 Å². The summed E-state index contributed by atoms with van der Waals surface area (Å²) in [5.41, 5.74) is 8.35. The fourth-order valence-corrected chi connectivity index (χ4v) is 8.69. The fraction of sp³-hybridized carbons (Fsp3) is 0.320. The highest BCUT2D eigenvalue weighted by Crippen LogP contribution is 2.49. The standard InChI is InChI=1S/C50H52N2O4/c1-5-9-17-33(7-3)31-51-47(43-29-27-41(55-43)39-25-23-35-19-13-11-15-21-37(35)39)45-46(49(51)53)48(52(50(45)54)32-34(8-4)18-10-6-2)44-30-28-42(56-44)40-26-24-36-20-14-12-16-22-38(36)40/h11-16,19-30,33-34H,5-10,17-18,31-32H2,1-4H3. The molecule has 2 aromatic rings. The van der Waals surface area contributed by atoms with Gasteiger partial charge in [0.1, 0.15) is 22.9 Å². The fourth-order valence-electron chi connectivity index (χ4n) is 8.69. The number of amides is 2. The normalized spacial score (nSPS) is 15.6. The number of hydrogen-bond acceptors (Lipinski definition) is 4. The summed E-state index contributed by atoms with van der Waals surface area (Å²) in [4.78, 5) is 34.0. The van der Waals surface area contributed by atoms with Crippen LogP contribution in [-0.2, 0) is 9.59 Å². The summed E-state index contributed by atoms with van der Waals surface area (Å²) < 4.78 is 13.5. The maximum Gasteiger partial charge on any atom is 0.261 e. The molecule has 0 N–H and O–H groups in total. The van der Waals surface area contributed by atoms with Crippen molar-refractivity contribution in [3.63, 3.8) is 0 Å². The molecule has 0 radical (unpaired) electrons. The highest BCUT2D eigenvalue weighted by atomic mass is 16.3. The molecule has 0 fully saturated rings. The Morgan fingerprint density at radius 1 is 0.464 bits per heavy atom. The second kappa shape index (κ2) is 16.2. The zero-order valence-corrected chi connectivity index (χ0v) is 33.1. The molecule has 286 valence electrons. The van der Waals surface area contributed by atoms with E-state index in [0.717, 1.165) is 84.7 Å². The van der Waals surface area contributed by atoms with Gasteiger partial charge in [0.05, 0.1) is 11.1 Å². The lowest BCUT2D eigenvalue weighted by molar-refractivity contribution is -0.124. The summed E-state index contributed by atoms with van der Waals surface area (Å²) in [5.74, 6) is 2.70. The molecule has 6 aliphatic rings. The molecular weight excluding hydrogens is 693 g/mol. The summed E-state index contributed by atoms with van der Waals surface area (Å²) in [6.45, 7) is 9.81. The minimum Gasteiger partial charge on any atom is -0.454 e. The number of carbonyl (C=O) groups is 2. The van der Waals surface area contributed by atoms with E-state index in [0.29, 0.717) is 58.7 Å². The quantitative estimate of drug-likeness (QED) is 0.0989. The first kappa shape index (κ1) is 37.3. The van der Waals surface area contributed by atoms with E-state index in [1.165, 1.54) is 0 Å². The van der Waals surface area contributed by atoms with E-state index in [1.807, 2.05) is 70.5 Å². The van der Waals surface area contributed by atoms with Crippen LogP contribution in [0.25, 0.3) is 56.3 Å². The lowest BCUT2D eigenvalue weighted by Crippen LogP contribution is -2.34. The highest BCUT2D eigenvalue weighted by molar-refractivity contribution is 6.30. The van der Waals surface area contributed by atoms with Crippen molar-refractivity contribution in [3.05, 3.63) is 132 Å². The molecule has 2 unspecified atom stereocenters. The van der Waals surface area contributed by atoms with Crippen LogP contribution in [0.2, 0.25) is 0 Å². The Balaban J connectivity index is 1.28. The lowest BCUT2D eigenvalue weighted by atomic mass is 9.98. The maximum absolute atomic E-state index is 15.2. The van der Waals surface area contributed by atoms with Gasteiger partial charge in [-0.05, 0) is 83.3 Å². The molecule has 2 amide bonds. The Bertz CT molecular complexity index is 2190. The average molecular weight is 745 g/mol. The molecule has 6 heteroatoms. The Morgan fingerprint density at radius 2 is 0.875 bits per heavy atom. The zero-order chi connectivity index (χ0) is 38.8. The molecule has 2 aliphatic heterocycles. The molecule has 2 aromatic heterocycles. The SMILES string of the molecule is CCCCC(CC)CN1C(=O)C2=C(c3ccc(-c4ccc5cccccc4-5)o3)N(CC(CC)CCCC)C(=O)C2=C1c1ccc(-c2ccc3cccccc2-3)o1. The minimum absolute atomic E-state index is 0.162. The Morgan fingerprint density at radius 3 is 1.29 bits per heavy atom. The van der Waals surface area contributed by atoms with Gasteiger partial charge in [-0.25, -0.2) is 0 Å². The predicted molar refractivity (Wildman–Crippen MR) is 225 cm³/mol. The van der Waals surface area contributed by atoms with E-state index in [-0.39, 0.29) is 23.7 Å². The van der Waals surface area contributed by atoms with Gasteiger partial charge >= 0.3 is 0 Å². The van der Waals surface area contributed by atoms with Crippen LogP contribution in [0.15, 0.2) is 129 Å². The van der Waals surface area contributed by atoms with Gasteiger partial charge in [0, 0.05) is 24.2 Å². The molecule has 0 spiro atoms. The Labute approximate surface area is 331 Å². The van der Waals surface area contributed by atoms with Crippen LogP contribution in [-0.4, -0.2) is 34.7 Å². The smallest absolute Gasteiger partial charge is 0.261 e. The number of furan rings is 2. The van der Waals surface area contributed by atoms with E-state index < -0.39 is 0 Å². The third-order valence-electron chi connectivity index (χ3n) is 11.9. The van der Waals surface area contributed by atoms with Crippen LogP contribution in [0.3, 0.4) is 0 Å². The predicted octanol–water partition coefficient (Wildman–Crippen LogP) is 12.7. The van der Waals surface area contributed by atoms with Crippen molar-refractivity contribution in [2.45, 2.75) is 79.1 Å². The summed E-state index contributed by atoms with van der Waals surface area (Å²) >= 11 is 0. The first-order valence-electron chi connectivity index (χ1n) is 20.7.